The average Bonchev–Trinajstić information content (AvgIpc) is 3.15. The van der Waals surface area contributed by atoms with Gasteiger partial charge in [0.25, 0.3) is 5.91 Å². The van der Waals surface area contributed by atoms with Crippen molar-refractivity contribution in [1.82, 2.24) is 10.2 Å². The summed E-state index contributed by atoms with van der Waals surface area (Å²) in [5, 5.41) is 8.19. The Morgan fingerprint density at radius 3 is 2.69 bits per heavy atom. The lowest BCUT2D eigenvalue weighted by molar-refractivity contribution is -0.116. The quantitative estimate of drug-likeness (QED) is 0.792. The van der Waals surface area contributed by atoms with Crippen LogP contribution in [0.3, 0.4) is 0 Å². The van der Waals surface area contributed by atoms with E-state index < -0.39 is 0 Å². The standard InChI is InChI=1S/C19H23N3O2S.ClH/c23-18(8-2-6-17-7-3-13-25-17)21-16-5-1-4-15(14-16)19(24)22-11-9-20-10-12-22;/h1,3-5,7,13-14,20H,2,6,8-12H2,(H,21,23);1H. The van der Waals surface area contributed by atoms with Crippen LogP contribution < -0.4 is 10.6 Å². The Balaban J connectivity index is 0.00000243. The molecule has 3 rings (SSSR count). The van der Waals surface area contributed by atoms with E-state index in [2.05, 4.69) is 22.1 Å². The van der Waals surface area contributed by atoms with Gasteiger partial charge in [-0.15, -0.1) is 23.7 Å². The van der Waals surface area contributed by atoms with Gasteiger partial charge < -0.3 is 15.5 Å². The molecule has 2 heterocycles. The molecule has 1 aromatic carbocycles. The molecule has 0 radical (unpaired) electrons. The average molecular weight is 394 g/mol. The van der Waals surface area contributed by atoms with E-state index in [0.717, 1.165) is 39.0 Å². The van der Waals surface area contributed by atoms with Gasteiger partial charge in [-0.25, -0.2) is 0 Å². The predicted octanol–water partition coefficient (Wildman–Crippen LogP) is 3.18. The van der Waals surface area contributed by atoms with E-state index in [0.29, 0.717) is 17.7 Å². The van der Waals surface area contributed by atoms with Crippen LogP contribution in [0.25, 0.3) is 0 Å². The van der Waals surface area contributed by atoms with Gasteiger partial charge in [-0.05, 0) is 42.5 Å². The fraction of sp³-hybridized carbons (Fsp3) is 0.368. The van der Waals surface area contributed by atoms with Gasteiger partial charge >= 0.3 is 0 Å². The highest BCUT2D eigenvalue weighted by atomic mass is 35.5. The normalized spacial score (nSPS) is 13.8. The van der Waals surface area contributed by atoms with Crippen LogP contribution in [0.15, 0.2) is 41.8 Å². The molecule has 0 bridgehead atoms. The second-order valence-electron chi connectivity index (χ2n) is 6.10. The van der Waals surface area contributed by atoms with Crippen LogP contribution in [0, 0.1) is 0 Å². The van der Waals surface area contributed by atoms with E-state index in [9.17, 15) is 9.59 Å². The number of rotatable bonds is 6. The minimum atomic E-state index is -0.0108. The number of hydrogen-bond acceptors (Lipinski definition) is 4. The molecule has 0 atom stereocenters. The number of benzene rings is 1. The first kappa shape index (κ1) is 20.4. The first-order valence-electron chi connectivity index (χ1n) is 8.65. The Morgan fingerprint density at radius 2 is 1.96 bits per heavy atom. The monoisotopic (exact) mass is 393 g/mol. The molecule has 7 heteroatoms. The molecule has 2 N–H and O–H groups in total. The zero-order valence-corrected chi connectivity index (χ0v) is 16.2. The molecular formula is C19H24ClN3O2S. The SMILES string of the molecule is Cl.O=C(CCCc1cccs1)Nc1cccc(C(=O)N2CCNCC2)c1. The van der Waals surface area contributed by atoms with Crippen molar-refractivity contribution in [3.8, 4) is 0 Å². The molecule has 5 nitrogen and oxygen atoms in total. The molecule has 1 aliphatic rings. The number of halogens is 1. The van der Waals surface area contributed by atoms with Crippen molar-refractivity contribution in [3.63, 3.8) is 0 Å². The number of thiophene rings is 1. The number of hydrogen-bond donors (Lipinski definition) is 2. The van der Waals surface area contributed by atoms with E-state index >= 15 is 0 Å². The van der Waals surface area contributed by atoms with E-state index in [1.54, 1.807) is 23.5 Å². The lowest BCUT2D eigenvalue weighted by Crippen LogP contribution is -2.46. The molecular weight excluding hydrogens is 370 g/mol. The van der Waals surface area contributed by atoms with Crippen LogP contribution in [-0.2, 0) is 11.2 Å². The van der Waals surface area contributed by atoms with Crippen molar-refractivity contribution in [2.45, 2.75) is 19.3 Å². The van der Waals surface area contributed by atoms with Crippen molar-refractivity contribution in [3.05, 3.63) is 52.2 Å². The molecule has 0 spiro atoms. The van der Waals surface area contributed by atoms with Crippen molar-refractivity contribution in [2.75, 3.05) is 31.5 Å². The Hall–Kier alpha value is -1.89. The smallest absolute Gasteiger partial charge is 0.254 e. The zero-order chi connectivity index (χ0) is 17.5. The van der Waals surface area contributed by atoms with Gasteiger partial charge in [-0.2, -0.15) is 0 Å². The number of aryl methyl sites for hydroxylation is 1. The van der Waals surface area contributed by atoms with E-state index in [-0.39, 0.29) is 24.2 Å². The molecule has 0 saturated carbocycles. The van der Waals surface area contributed by atoms with Gasteiger partial charge in [-0.3, -0.25) is 9.59 Å². The number of carbonyl (C=O) groups is 2. The number of nitrogens with zero attached hydrogens (tertiary/aromatic N) is 1. The number of nitrogens with one attached hydrogen (secondary N) is 2. The van der Waals surface area contributed by atoms with Crippen molar-refractivity contribution in [2.24, 2.45) is 0 Å². The van der Waals surface area contributed by atoms with Crippen LogP contribution in [0.1, 0.15) is 28.1 Å². The minimum absolute atomic E-state index is 0. The first-order chi connectivity index (χ1) is 12.2. The number of amides is 2. The maximum Gasteiger partial charge on any atom is 0.254 e. The highest BCUT2D eigenvalue weighted by Gasteiger charge is 2.18. The molecule has 1 aromatic heterocycles. The van der Waals surface area contributed by atoms with Crippen LogP contribution in [0.2, 0.25) is 0 Å². The molecule has 0 unspecified atom stereocenters. The van der Waals surface area contributed by atoms with Crippen molar-refractivity contribution in [1.29, 1.82) is 0 Å². The number of piperazine rings is 1. The molecule has 1 fully saturated rings. The lowest BCUT2D eigenvalue weighted by atomic mass is 10.1. The molecule has 2 aromatic rings. The maximum atomic E-state index is 12.5. The van der Waals surface area contributed by atoms with Gasteiger partial charge in [0.15, 0.2) is 0 Å². The third kappa shape index (κ3) is 5.83. The number of carbonyl (C=O) groups excluding carboxylic acids is 2. The van der Waals surface area contributed by atoms with Crippen LogP contribution >= 0.6 is 23.7 Å². The second kappa shape index (κ2) is 10.3. The summed E-state index contributed by atoms with van der Waals surface area (Å²) in [4.78, 5) is 27.8. The summed E-state index contributed by atoms with van der Waals surface area (Å²) in [7, 11) is 0. The van der Waals surface area contributed by atoms with Crippen molar-refractivity contribution < 1.29 is 9.59 Å². The summed E-state index contributed by atoms with van der Waals surface area (Å²) >= 11 is 1.72. The maximum absolute atomic E-state index is 12.5. The summed E-state index contributed by atoms with van der Waals surface area (Å²) in [5.74, 6) is 0.0126. The first-order valence-corrected chi connectivity index (χ1v) is 9.52. The fourth-order valence-electron chi connectivity index (χ4n) is 2.88. The summed E-state index contributed by atoms with van der Waals surface area (Å²) in [6.07, 6.45) is 2.23. The lowest BCUT2D eigenvalue weighted by Gasteiger charge is -2.27. The molecule has 0 aliphatic carbocycles. The summed E-state index contributed by atoms with van der Waals surface area (Å²) in [6, 6.07) is 11.3. The van der Waals surface area contributed by atoms with Gasteiger partial charge in [0.1, 0.15) is 0 Å². The van der Waals surface area contributed by atoms with E-state index in [4.69, 9.17) is 0 Å². The minimum Gasteiger partial charge on any atom is -0.336 e. The van der Waals surface area contributed by atoms with Gasteiger partial charge in [0, 0.05) is 48.7 Å². The van der Waals surface area contributed by atoms with E-state index in [1.165, 1.54) is 4.88 Å². The van der Waals surface area contributed by atoms with Gasteiger partial charge in [0.05, 0.1) is 0 Å². The van der Waals surface area contributed by atoms with Gasteiger partial charge in [-0.1, -0.05) is 12.1 Å². The summed E-state index contributed by atoms with van der Waals surface area (Å²) in [5.41, 5.74) is 1.31. The highest BCUT2D eigenvalue weighted by molar-refractivity contribution is 7.09. The Labute approximate surface area is 164 Å². The predicted molar refractivity (Wildman–Crippen MR) is 108 cm³/mol. The molecule has 140 valence electrons. The number of anilines is 1. The van der Waals surface area contributed by atoms with Gasteiger partial charge in [0.2, 0.25) is 5.91 Å². The van der Waals surface area contributed by atoms with Crippen LogP contribution in [0.4, 0.5) is 5.69 Å². The zero-order valence-electron chi connectivity index (χ0n) is 14.6. The summed E-state index contributed by atoms with van der Waals surface area (Å²) < 4.78 is 0. The van der Waals surface area contributed by atoms with Crippen molar-refractivity contribution >= 4 is 41.2 Å². The molecule has 1 saturated heterocycles. The largest absolute Gasteiger partial charge is 0.336 e. The Kier molecular flexibility index (Phi) is 8.09. The van der Waals surface area contributed by atoms with E-state index in [1.807, 2.05) is 23.1 Å². The topological polar surface area (TPSA) is 61.4 Å². The second-order valence-corrected chi connectivity index (χ2v) is 7.14. The highest BCUT2D eigenvalue weighted by Crippen LogP contribution is 2.15. The fourth-order valence-corrected chi connectivity index (χ4v) is 3.63. The molecule has 26 heavy (non-hydrogen) atoms. The third-order valence-electron chi connectivity index (χ3n) is 4.20. The van der Waals surface area contributed by atoms with Crippen LogP contribution in [-0.4, -0.2) is 42.9 Å². The summed E-state index contributed by atoms with van der Waals surface area (Å²) in [6.45, 7) is 3.09. The molecule has 1 aliphatic heterocycles. The molecule has 2 amide bonds. The Bertz CT molecular complexity index is 715. The Morgan fingerprint density at radius 1 is 1.15 bits per heavy atom. The van der Waals surface area contributed by atoms with Crippen LogP contribution in [0.5, 0.6) is 0 Å². The third-order valence-corrected chi connectivity index (χ3v) is 5.14.